The zero-order chi connectivity index (χ0) is 44.7. The molecule has 0 fully saturated rings. The molecule has 0 aliphatic heterocycles. The second-order valence-electron chi connectivity index (χ2n) is 18.6. The number of nitrogens with zero attached hydrogens (tertiary/aromatic N) is 2. The van der Waals surface area contributed by atoms with Gasteiger partial charge in [-0.15, -0.1) is 0 Å². The van der Waals surface area contributed by atoms with E-state index in [-0.39, 0.29) is 0 Å². The van der Waals surface area contributed by atoms with E-state index >= 15 is 0 Å². The van der Waals surface area contributed by atoms with Crippen molar-refractivity contribution in [2.75, 3.05) is 9.80 Å². The van der Waals surface area contributed by atoms with Gasteiger partial charge in [0.2, 0.25) is 0 Å². The van der Waals surface area contributed by atoms with Crippen molar-refractivity contribution in [2.45, 2.75) is 60.8 Å². The van der Waals surface area contributed by atoms with Crippen LogP contribution < -0.4 is 9.80 Å². The van der Waals surface area contributed by atoms with Gasteiger partial charge in [0.05, 0.1) is 5.41 Å². The molecule has 1 spiro atoms. The molecular weight excluding hydrogens is 785 g/mol. The molecule has 0 saturated carbocycles. The number of rotatable bonds is 6. The highest BCUT2D eigenvalue weighted by molar-refractivity contribution is 5.99. The number of benzene rings is 9. The van der Waals surface area contributed by atoms with Crippen LogP contribution in [0.5, 0.6) is 0 Å². The number of aryl methyl sites for hydroxylation is 8. The maximum Gasteiger partial charge on any atom is 0.0726 e. The zero-order valence-corrected chi connectivity index (χ0v) is 38.7. The molecule has 0 bridgehead atoms. The summed E-state index contributed by atoms with van der Waals surface area (Å²) >= 11 is 0. The van der Waals surface area contributed by atoms with Crippen molar-refractivity contribution in [3.05, 3.63) is 249 Å². The normalized spacial score (nSPS) is 14.2. The van der Waals surface area contributed by atoms with E-state index in [0.29, 0.717) is 0 Å². The maximum absolute atomic E-state index is 2.52. The summed E-state index contributed by atoms with van der Waals surface area (Å²) in [6, 6.07) is 69.5. The molecule has 2 aliphatic carbocycles. The molecule has 2 aliphatic rings. The van der Waals surface area contributed by atoms with E-state index in [4.69, 9.17) is 0 Å². The van der Waals surface area contributed by atoms with E-state index in [1.54, 1.807) is 0 Å². The van der Waals surface area contributed by atoms with Gasteiger partial charge in [-0.05, 0) is 228 Å². The summed E-state index contributed by atoms with van der Waals surface area (Å²) in [4.78, 5) is 4.91. The second-order valence-corrected chi connectivity index (χ2v) is 18.6. The summed E-state index contributed by atoms with van der Waals surface area (Å²) in [6.07, 6.45) is 0. The number of hydrogen-bond donors (Lipinski definition) is 0. The van der Waals surface area contributed by atoms with Crippen molar-refractivity contribution >= 4 is 34.1 Å². The lowest BCUT2D eigenvalue weighted by Crippen LogP contribution is -2.29. The zero-order valence-electron chi connectivity index (χ0n) is 38.7. The molecule has 1 atom stereocenters. The lowest BCUT2D eigenvalue weighted by atomic mass is 9.66. The Labute approximate surface area is 385 Å². The van der Waals surface area contributed by atoms with Crippen LogP contribution in [0.3, 0.4) is 0 Å². The van der Waals surface area contributed by atoms with Gasteiger partial charge in [0, 0.05) is 34.1 Å². The van der Waals surface area contributed by atoms with Gasteiger partial charge in [-0.1, -0.05) is 109 Å². The summed E-state index contributed by atoms with van der Waals surface area (Å²) in [7, 11) is 0. The third kappa shape index (κ3) is 6.30. The van der Waals surface area contributed by atoms with Gasteiger partial charge in [0.15, 0.2) is 0 Å². The SMILES string of the molecule is Cc1ccc(N(c2ccc(C)c(C)c2)c2ccc3c(c2)-c2ccccc2C32c3ccccc3-c3ccccc3-c3ccc(N(c4ccc(C)c(C)c4)c4ccc(C)c(C)c4)cc32)cc1C. The van der Waals surface area contributed by atoms with Gasteiger partial charge >= 0.3 is 0 Å². The Morgan fingerprint density at radius 3 is 0.969 bits per heavy atom. The number of fused-ring (bicyclic) bond motifs is 12. The Balaban J connectivity index is 1.23. The highest BCUT2D eigenvalue weighted by Gasteiger charge is 2.50. The molecule has 0 heterocycles. The van der Waals surface area contributed by atoms with E-state index in [9.17, 15) is 0 Å². The molecule has 2 heteroatoms. The van der Waals surface area contributed by atoms with Gasteiger partial charge in [-0.2, -0.15) is 0 Å². The molecule has 0 aromatic heterocycles. The fourth-order valence-electron chi connectivity index (χ4n) is 10.7. The van der Waals surface area contributed by atoms with Gasteiger partial charge in [-0.3, -0.25) is 0 Å². The quantitative estimate of drug-likeness (QED) is 0.165. The first kappa shape index (κ1) is 40.4. The van der Waals surface area contributed by atoms with Crippen LogP contribution in [-0.2, 0) is 5.41 Å². The van der Waals surface area contributed by atoms with Crippen LogP contribution >= 0.6 is 0 Å². The largest absolute Gasteiger partial charge is 0.310 e. The molecule has 65 heavy (non-hydrogen) atoms. The molecule has 0 amide bonds. The Morgan fingerprint density at radius 1 is 0.231 bits per heavy atom. The predicted octanol–water partition coefficient (Wildman–Crippen LogP) is 17.1. The Bertz CT molecular complexity index is 3280. The topological polar surface area (TPSA) is 6.48 Å². The molecule has 0 radical (unpaired) electrons. The average molecular weight is 839 g/mol. The van der Waals surface area contributed by atoms with Crippen molar-refractivity contribution in [3.63, 3.8) is 0 Å². The Morgan fingerprint density at radius 2 is 0.538 bits per heavy atom. The van der Waals surface area contributed by atoms with Gasteiger partial charge in [0.1, 0.15) is 0 Å². The third-order valence-corrected chi connectivity index (χ3v) is 14.8. The van der Waals surface area contributed by atoms with Crippen LogP contribution in [0.15, 0.2) is 182 Å². The summed E-state index contributed by atoms with van der Waals surface area (Å²) in [5.74, 6) is 0. The second kappa shape index (κ2) is 15.4. The van der Waals surface area contributed by atoms with Crippen LogP contribution in [0.25, 0.3) is 33.4 Å². The fourth-order valence-corrected chi connectivity index (χ4v) is 10.7. The van der Waals surface area contributed by atoms with E-state index in [1.807, 2.05) is 0 Å². The lowest BCUT2D eigenvalue weighted by Gasteiger charge is -2.37. The van der Waals surface area contributed by atoms with Crippen molar-refractivity contribution in [3.8, 4) is 33.4 Å². The third-order valence-electron chi connectivity index (χ3n) is 14.8. The molecule has 0 saturated heterocycles. The van der Waals surface area contributed by atoms with Crippen LogP contribution in [0.4, 0.5) is 34.1 Å². The Kier molecular flexibility index (Phi) is 9.55. The molecule has 316 valence electrons. The molecule has 0 N–H and O–H groups in total. The van der Waals surface area contributed by atoms with Gasteiger partial charge < -0.3 is 9.80 Å². The predicted molar refractivity (Wildman–Crippen MR) is 275 cm³/mol. The van der Waals surface area contributed by atoms with Gasteiger partial charge in [-0.25, -0.2) is 0 Å². The summed E-state index contributed by atoms with van der Waals surface area (Å²) in [6.45, 7) is 17.7. The summed E-state index contributed by atoms with van der Waals surface area (Å²) < 4.78 is 0. The van der Waals surface area contributed by atoms with E-state index in [0.717, 1.165) is 34.1 Å². The highest BCUT2D eigenvalue weighted by Crippen LogP contribution is 2.62. The standard InChI is InChI=1S/C63H54N2/c1-39-21-25-47(33-43(39)5)64(48-26-22-40(2)44(6)34-48)51-30-32-61-58(37-51)56-18-12-14-20-60(56)63(61)59-19-13-11-17-55(59)53-15-9-10-16-54(53)57-31-29-52(38-62(57)63)65(49-27-23-41(3)45(7)35-49)50-28-24-42(4)46(8)36-50/h9-38H,1-8H3. The molecule has 11 rings (SSSR count). The van der Waals surface area contributed by atoms with Crippen LogP contribution in [0, 0.1) is 55.4 Å². The summed E-state index contributed by atoms with van der Waals surface area (Å²) in [5, 5.41) is 0. The molecule has 1 unspecified atom stereocenters. The Hall–Kier alpha value is -7.42. The van der Waals surface area contributed by atoms with Crippen LogP contribution in [0.2, 0.25) is 0 Å². The first-order valence-electron chi connectivity index (χ1n) is 23.0. The van der Waals surface area contributed by atoms with E-state index in [1.165, 1.54) is 100 Å². The minimum absolute atomic E-state index is 0.644. The minimum Gasteiger partial charge on any atom is -0.310 e. The number of hydrogen-bond acceptors (Lipinski definition) is 2. The van der Waals surface area contributed by atoms with E-state index < -0.39 is 5.41 Å². The van der Waals surface area contributed by atoms with Gasteiger partial charge in [0.25, 0.3) is 0 Å². The number of anilines is 6. The lowest BCUT2D eigenvalue weighted by molar-refractivity contribution is 0.775. The first-order chi connectivity index (χ1) is 31.5. The molecule has 2 nitrogen and oxygen atoms in total. The van der Waals surface area contributed by atoms with Crippen LogP contribution in [0.1, 0.15) is 66.8 Å². The van der Waals surface area contributed by atoms with Crippen molar-refractivity contribution in [1.29, 1.82) is 0 Å². The molecule has 9 aromatic rings. The smallest absolute Gasteiger partial charge is 0.0726 e. The van der Waals surface area contributed by atoms with Crippen molar-refractivity contribution < 1.29 is 0 Å². The molecular formula is C63H54N2. The minimum atomic E-state index is -0.644. The monoisotopic (exact) mass is 838 g/mol. The maximum atomic E-state index is 2.52. The van der Waals surface area contributed by atoms with Crippen molar-refractivity contribution in [2.24, 2.45) is 0 Å². The van der Waals surface area contributed by atoms with E-state index in [2.05, 4.69) is 247 Å². The van der Waals surface area contributed by atoms with Crippen LogP contribution in [-0.4, -0.2) is 0 Å². The fraction of sp³-hybridized carbons (Fsp3) is 0.143. The average Bonchev–Trinajstić information content (AvgIpc) is 3.55. The van der Waals surface area contributed by atoms with Crippen molar-refractivity contribution in [1.82, 2.24) is 0 Å². The molecule has 9 aromatic carbocycles. The highest BCUT2D eigenvalue weighted by atomic mass is 15.1. The first-order valence-corrected chi connectivity index (χ1v) is 23.0. The summed E-state index contributed by atoms with van der Waals surface area (Å²) in [5.41, 5.74) is 29.2.